The Balaban J connectivity index is 1.44. The number of aryl methyl sites for hydroxylation is 1. The van der Waals surface area contributed by atoms with Crippen LogP contribution in [-0.4, -0.2) is 30.8 Å². The lowest BCUT2D eigenvalue weighted by Crippen LogP contribution is -2.15. The topological polar surface area (TPSA) is 63.6 Å². The number of para-hydroxylation sites is 1. The number of fused-ring (bicyclic) bond motifs is 1. The number of aromatic nitrogens is 4. The fourth-order valence-electron chi connectivity index (χ4n) is 3.67. The maximum absolute atomic E-state index is 13.2. The van der Waals surface area contributed by atoms with Crippen LogP contribution >= 0.6 is 11.8 Å². The number of aromatic amines is 1. The lowest BCUT2D eigenvalue weighted by molar-refractivity contribution is 0.0995. The highest BCUT2D eigenvalue weighted by Gasteiger charge is 2.37. The quantitative estimate of drug-likeness (QED) is 0.510. The molecule has 1 N–H and O–H groups in total. The first-order valence-corrected chi connectivity index (χ1v) is 10.2. The zero-order valence-electron chi connectivity index (χ0n) is 15.0. The number of ketones is 1. The third-order valence-corrected chi connectivity index (χ3v) is 6.39. The van der Waals surface area contributed by atoms with Gasteiger partial charge in [0.15, 0.2) is 10.9 Å². The van der Waals surface area contributed by atoms with Gasteiger partial charge in [0.1, 0.15) is 5.82 Å². The van der Waals surface area contributed by atoms with E-state index < -0.39 is 0 Å². The molecule has 0 saturated heterocycles. The van der Waals surface area contributed by atoms with Crippen molar-refractivity contribution in [1.29, 1.82) is 0 Å². The third kappa shape index (κ3) is 2.67. The summed E-state index contributed by atoms with van der Waals surface area (Å²) in [5.41, 5.74) is 2.76. The van der Waals surface area contributed by atoms with Crippen molar-refractivity contribution in [3.05, 3.63) is 41.3 Å². The maximum Gasteiger partial charge on any atom is 0.192 e. The van der Waals surface area contributed by atoms with Gasteiger partial charge in [-0.2, -0.15) is 0 Å². The monoisotopic (exact) mass is 366 g/mol. The second-order valence-electron chi connectivity index (χ2n) is 7.51. The van der Waals surface area contributed by atoms with E-state index in [4.69, 9.17) is 0 Å². The van der Waals surface area contributed by atoms with Crippen LogP contribution in [0.4, 0.5) is 0 Å². The minimum atomic E-state index is -0.193. The van der Waals surface area contributed by atoms with Crippen LogP contribution < -0.4 is 0 Å². The van der Waals surface area contributed by atoms with Gasteiger partial charge in [0.2, 0.25) is 0 Å². The van der Waals surface area contributed by atoms with Gasteiger partial charge in [0.05, 0.1) is 5.25 Å². The predicted octanol–water partition coefficient (Wildman–Crippen LogP) is 4.64. The first kappa shape index (κ1) is 16.1. The normalized spacial score (nSPS) is 18.4. The average molecular weight is 366 g/mol. The first-order valence-electron chi connectivity index (χ1n) is 9.36. The Bertz CT molecular complexity index is 997. The van der Waals surface area contributed by atoms with Crippen molar-refractivity contribution < 1.29 is 4.79 Å². The Morgan fingerprint density at radius 1 is 1.23 bits per heavy atom. The minimum absolute atomic E-state index is 0.156. The summed E-state index contributed by atoms with van der Waals surface area (Å²) in [6.45, 7) is 3.96. The molecule has 3 aromatic rings. The summed E-state index contributed by atoms with van der Waals surface area (Å²) in [4.78, 5) is 16.5. The van der Waals surface area contributed by atoms with E-state index >= 15 is 0 Å². The molecule has 2 aliphatic rings. The van der Waals surface area contributed by atoms with E-state index in [1.54, 1.807) is 11.8 Å². The highest BCUT2D eigenvalue weighted by atomic mass is 32.2. The molecular formula is C20H22N4OS. The molecular weight excluding hydrogens is 344 g/mol. The van der Waals surface area contributed by atoms with Crippen molar-refractivity contribution in [1.82, 2.24) is 19.7 Å². The maximum atomic E-state index is 13.2. The van der Waals surface area contributed by atoms with Crippen LogP contribution in [0.1, 0.15) is 66.4 Å². The Hall–Kier alpha value is -2.08. The van der Waals surface area contributed by atoms with Crippen LogP contribution in [-0.2, 0) is 0 Å². The molecule has 0 radical (unpaired) electrons. The Kier molecular flexibility index (Phi) is 3.71. The molecule has 2 fully saturated rings. The standard InChI is InChI=1S/C20H22N4OS/c1-11-17(15-5-3-4-6-16(15)21-11)18(25)12(2)26-20-23-22-19(13-7-8-13)24(20)14-9-10-14/h3-6,12-14,21H,7-10H2,1-2H3. The summed E-state index contributed by atoms with van der Waals surface area (Å²) >= 11 is 1.55. The molecule has 5 nitrogen and oxygen atoms in total. The molecule has 0 bridgehead atoms. The average Bonchev–Trinajstić information content (AvgIpc) is 3.56. The largest absolute Gasteiger partial charge is 0.358 e. The summed E-state index contributed by atoms with van der Waals surface area (Å²) in [5, 5.41) is 10.6. The lowest BCUT2D eigenvalue weighted by atomic mass is 10.1. The fraction of sp³-hybridized carbons (Fsp3) is 0.450. The second kappa shape index (κ2) is 5.98. The van der Waals surface area contributed by atoms with E-state index in [-0.39, 0.29) is 11.0 Å². The van der Waals surface area contributed by atoms with Gasteiger partial charge in [-0.3, -0.25) is 4.79 Å². The number of carbonyl (C=O) groups is 1. The molecule has 2 aromatic heterocycles. The fourth-order valence-corrected chi connectivity index (χ4v) is 4.66. The molecule has 6 heteroatoms. The number of nitrogens with one attached hydrogen (secondary N) is 1. The molecule has 5 rings (SSSR count). The smallest absolute Gasteiger partial charge is 0.192 e. The molecule has 1 unspecified atom stereocenters. The summed E-state index contributed by atoms with van der Waals surface area (Å²) in [7, 11) is 0. The number of hydrogen-bond donors (Lipinski definition) is 1. The number of Topliss-reactive ketones (excluding diaryl/α,β-unsaturated/α-hetero) is 1. The van der Waals surface area contributed by atoms with Gasteiger partial charge in [0.25, 0.3) is 0 Å². The van der Waals surface area contributed by atoms with Crippen molar-refractivity contribution in [3.8, 4) is 0 Å². The van der Waals surface area contributed by atoms with Gasteiger partial charge < -0.3 is 9.55 Å². The van der Waals surface area contributed by atoms with Gasteiger partial charge in [-0.1, -0.05) is 30.0 Å². The number of H-pyrrole nitrogens is 1. The summed E-state index contributed by atoms with van der Waals surface area (Å²) in [6.07, 6.45) is 4.85. The van der Waals surface area contributed by atoms with Gasteiger partial charge >= 0.3 is 0 Å². The van der Waals surface area contributed by atoms with Crippen LogP contribution in [0.3, 0.4) is 0 Å². The van der Waals surface area contributed by atoms with Crippen LogP contribution in [0.5, 0.6) is 0 Å². The van der Waals surface area contributed by atoms with Crippen molar-refractivity contribution in [2.45, 2.75) is 61.9 Å². The molecule has 1 atom stereocenters. The Morgan fingerprint density at radius 3 is 2.73 bits per heavy atom. The third-order valence-electron chi connectivity index (χ3n) is 5.34. The Labute approximate surface area is 156 Å². The molecule has 0 aliphatic heterocycles. The number of benzene rings is 1. The van der Waals surface area contributed by atoms with E-state index in [9.17, 15) is 4.79 Å². The van der Waals surface area contributed by atoms with Gasteiger partial charge in [-0.25, -0.2) is 0 Å². The Morgan fingerprint density at radius 2 is 2.00 bits per heavy atom. The highest BCUT2D eigenvalue weighted by Crippen LogP contribution is 2.46. The van der Waals surface area contributed by atoms with E-state index in [1.807, 2.05) is 38.1 Å². The summed E-state index contributed by atoms with van der Waals surface area (Å²) in [5.74, 6) is 1.88. The van der Waals surface area contributed by atoms with Gasteiger partial charge in [0, 0.05) is 34.1 Å². The molecule has 134 valence electrons. The molecule has 2 aliphatic carbocycles. The molecule has 0 amide bonds. The molecule has 2 saturated carbocycles. The lowest BCUT2D eigenvalue weighted by Gasteiger charge is -2.12. The summed E-state index contributed by atoms with van der Waals surface area (Å²) in [6, 6.07) is 8.54. The highest BCUT2D eigenvalue weighted by molar-refractivity contribution is 8.00. The van der Waals surface area contributed by atoms with Crippen LogP contribution in [0.2, 0.25) is 0 Å². The molecule has 1 aromatic carbocycles. The number of carbonyl (C=O) groups excluding carboxylic acids is 1. The minimum Gasteiger partial charge on any atom is -0.358 e. The number of nitrogens with zero attached hydrogens (tertiary/aromatic N) is 3. The number of thioether (sulfide) groups is 1. The summed E-state index contributed by atoms with van der Waals surface area (Å²) < 4.78 is 2.31. The molecule has 26 heavy (non-hydrogen) atoms. The van der Waals surface area contributed by atoms with Crippen molar-refractivity contribution >= 4 is 28.4 Å². The zero-order chi connectivity index (χ0) is 17.8. The van der Waals surface area contributed by atoms with E-state index in [0.717, 1.165) is 33.1 Å². The number of hydrogen-bond acceptors (Lipinski definition) is 4. The van der Waals surface area contributed by atoms with Crippen molar-refractivity contribution in [3.63, 3.8) is 0 Å². The van der Waals surface area contributed by atoms with Crippen molar-refractivity contribution in [2.24, 2.45) is 0 Å². The molecule has 0 spiro atoms. The van der Waals surface area contributed by atoms with Crippen LogP contribution in [0.25, 0.3) is 10.9 Å². The SMILES string of the molecule is Cc1[nH]c2ccccc2c1C(=O)C(C)Sc1nnc(C2CC2)n1C1CC1. The predicted molar refractivity (Wildman–Crippen MR) is 103 cm³/mol. The number of rotatable bonds is 6. The zero-order valence-corrected chi connectivity index (χ0v) is 15.8. The first-order chi connectivity index (χ1) is 12.6. The molecule has 2 heterocycles. The van der Waals surface area contributed by atoms with Crippen molar-refractivity contribution in [2.75, 3.05) is 0 Å². The van der Waals surface area contributed by atoms with Crippen LogP contribution in [0, 0.1) is 6.92 Å². The van der Waals surface area contributed by atoms with E-state index in [0.29, 0.717) is 12.0 Å². The van der Waals surface area contributed by atoms with Gasteiger partial charge in [-0.05, 0) is 45.6 Å². The van der Waals surface area contributed by atoms with E-state index in [1.165, 1.54) is 25.7 Å². The van der Waals surface area contributed by atoms with Gasteiger partial charge in [-0.15, -0.1) is 10.2 Å². The van der Waals surface area contributed by atoms with E-state index in [2.05, 4.69) is 19.7 Å². The second-order valence-corrected chi connectivity index (χ2v) is 8.82. The van der Waals surface area contributed by atoms with Crippen LogP contribution in [0.15, 0.2) is 29.4 Å².